The number of anilines is 2. The maximum atomic E-state index is 13.3. The first-order valence-electron chi connectivity index (χ1n) is 17.6. The molecule has 0 saturated carbocycles. The Morgan fingerprint density at radius 3 is 2.06 bits per heavy atom. The number of aromatic amines is 1. The van der Waals surface area contributed by atoms with Gasteiger partial charge in [0.15, 0.2) is 0 Å². The Hall–Kier alpha value is -5.77. The molecule has 3 aromatic carbocycles. The van der Waals surface area contributed by atoms with E-state index in [0.717, 1.165) is 47.3 Å². The van der Waals surface area contributed by atoms with Crippen molar-refractivity contribution in [2.24, 2.45) is 0 Å². The highest BCUT2D eigenvalue weighted by atomic mass is 16.2. The molecule has 0 spiro atoms. The Morgan fingerprint density at radius 1 is 0.843 bits per heavy atom. The minimum absolute atomic E-state index is 0.115. The quantitative estimate of drug-likeness (QED) is 0.121. The van der Waals surface area contributed by atoms with Crippen LogP contribution in [0, 0.1) is 6.92 Å². The molecule has 2 saturated heterocycles. The van der Waals surface area contributed by atoms with Crippen LogP contribution in [-0.2, 0) is 14.4 Å². The SMILES string of the molecule is CC=CC(=CCC)C(=O)N1CCCC1C(=O)Nc1ccc(-c2nc[nH]c2-c2ccc(NC(=O)C3CCCN3C(=O)c3cccc(C)c3)cc2)cc1. The second-order valence-electron chi connectivity index (χ2n) is 13.0. The van der Waals surface area contributed by atoms with Crippen LogP contribution >= 0.6 is 0 Å². The van der Waals surface area contributed by atoms with Crippen molar-refractivity contribution in [3.05, 3.63) is 114 Å². The molecule has 4 amide bonds. The number of rotatable bonds is 10. The van der Waals surface area contributed by atoms with E-state index in [1.165, 1.54) is 0 Å². The zero-order valence-corrected chi connectivity index (χ0v) is 29.3. The summed E-state index contributed by atoms with van der Waals surface area (Å²) in [6, 6.07) is 21.4. The molecule has 2 fully saturated rings. The van der Waals surface area contributed by atoms with Crippen molar-refractivity contribution in [2.75, 3.05) is 23.7 Å². The topological polar surface area (TPSA) is 128 Å². The number of nitrogens with zero attached hydrogens (tertiary/aromatic N) is 3. The predicted molar refractivity (Wildman–Crippen MR) is 200 cm³/mol. The summed E-state index contributed by atoms with van der Waals surface area (Å²) in [5.74, 6) is -0.638. The smallest absolute Gasteiger partial charge is 0.254 e. The second-order valence-corrected chi connectivity index (χ2v) is 13.0. The van der Waals surface area contributed by atoms with Crippen molar-refractivity contribution in [1.29, 1.82) is 0 Å². The molecule has 2 aliphatic heterocycles. The van der Waals surface area contributed by atoms with Crippen LogP contribution in [0.25, 0.3) is 22.5 Å². The lowest BCUT2D eigenvalue weighted by atomic mass is 10.0. The number of hydrogen-bond acceptors (Lipinski definition) is 5. The standard InChI is InChI=1S/C41H44N6O4/c1-4-9-30(10-5-2)40(50)46-23-7-13-34(46)38(48)44-32-19-15-28(16-20-32)36-37(43-26-42-36)29-17-21-33(22-18-29)45-39(49)35-14-8-24-47(35)41(51)31-12-6-11-27(3)25-31/h4,6,9-12,15-22,25-26,34-35H,5,7-8,13-14,23-24H2,1-3H3,(H,42,43)(H,44,48)(H,45,49). The van der Waals surface area contributed by atoms with E-state index in [2.05, 4.69) is 20.6 Å². The number of H-pyrrole nitrogens is 1. The van der Waals surface area contributed by atoms with Gasteiger partial charge in [0.05, 0.1) is 17.7 Å². The molecule has 3 heterocycles. The minimum atomic E-state index is -0.525. The summed E-state index contributed by atoms with van der Waals surface area (Å²) in [5.41, 5.74) is 6.79. The highest BCUT2D eigenvalue weighted by molar-refractivity contribution is 6.03. The van der Waals surface area contributed by atoms with E-state index in [9.17, 15) is 19.2 Å². The first-order chi connectivity index (χ1) is 24.8. The Morgan fingerprint density at radius 2 is 1.45 bits per heavy atom. The number of carbonyl (C=O) groups is 4. The molecule has 0 bridgehead atoms. The third-order valence-corrected chi connectivity index (χ3v) is 9.42. The number of hydrogen-bond donors (Lipinski definition) is 3. The number of benzene rings is 3. The lowest BCUT2D eigenvalue weighted by molar-refractivity contribution is -0.133. The van der Waals surface area contributed by atoms with E-state index in [1.54, 1.807) is 28.3 Å². The number of aryl methyl sites for hydroxylation is 1. The third-order valence-electron chi connectivity index (χ3n) is 9.42. The van der Waals surface area contributed by atoms with Crippen LogP contribution in [0.3, 0.4) is 0 Å². The molecule has 1 aromatic heterocycles. The van der Waals surface area contributed by atoms with Crippen LogP contribution in [0.15, 0.2) is 103 Å². The Labute approximate surface area is 298 Å². The number of likely N-dealkylation sites (tertiary alicyclic amines) is 2. The van der Waals surface area contributed by atoms with Gasteiger partial charge in [0, 0.05) is 46.7 Å². The van der Waals surface area contributed by atoms with Gasteiger partial charge < -0.3 is 25.4 Å². The van der Waals surface area contributed by atoms with E-state index in [4.69, 9.17) is 0 Å². The molecule has 0 aliphatic carbocycles. The Bertz CT molecular complexity index is 1960. The van der Waals surface area contributed by atoms with Gasteiger partial charge in [0.2, 0.25) is 11.8 Å². The van der Waals surface area contributed by atoms with Crippen LogP contribution in [0.5, 0.6) is 0 Å². The summed E-state index contributed by atoms with van der Waals surface area (Å²) >= 11 is 0. The van der Waals surface area contributed by atoms with Gasteiger partial charge in [-0.2, -0.15) is 0 Å². The molecule has 2 atom stereocenters. The van der Waals surface area contributed by atoms with Crippen molar-refractivity contribution in [3.63, 3.8) is 0 Å². The van der Waals surface area contributed by atoms with Crippen molar-refractivity contribution in [1.82, 2.24) is 19.8 Å². The summed E-state index contributed by atoms with van der Waals surface area (Å²) in [4.78, 5) is 64.2. The molecular weight excluding hydrogens is 640 g/mol. The van der Waals surface area contributed by atoms with Crippen LogP contribution in [0.4, 0.5) is 11.4 Å². The number of amides is 4. The predicted octanol–water partition coefficient (Wildman–Crippen LogP) is 7.14. The first kappa shape index (κ1) is 35.1. The number of aromatic nitrogens is 2. The Balaban J connectivity index is 1.09. The maximum absolute atomic E-state index is 13.3. The third kappa shape index (κ3) is 7.85. The summed E-state index contributed by atoms with van der Waals surface area (Å²) in [5, 5.41) is 5.99. The lowest BCUT2D eigenvalue weighted by Gasteiger charge is -2.24. The normalized spacial score (nSPS) is 17.6. The second kappa shape index (κ2) is 15.8. The average Bonchev–Trinajstić information content (AvgIpc) is 3.93. The fourth-order valence-corrected chi connectivity index (χ4v) is 6.92. The van der Waals surface area contributed by atoms with E-state index in [1.807, 2.05) is 99.7 Å². The maximum Gasteiger partial charge on any atom is 0.254 e. The molecule has 2 aliphatic rings. The fourth-order valence-electron chi connectivity index (χ4n) is 6.92. The largest absolute Gasteiger partial charge is 0.344 e. The van der Waals surface area contributed by atoms with Crippen LogP contribution in [0.2, 0.25) is 0 Å². The molecule has 10 heteroatoms. The van der Waals surface area contributed by atoms with Crippen LogP contribution in [-0.4, -0.2) is 68.6 Å². The molecular formula is C41H44N6O4. The summed E-state index contributed by atoms with van der Waals surface area (Å²) < 4.78 is 0. The van der Waals surface area contributed by atoms with Gasteiger partial charge in [-0.15, -0.1) is 0 Å². The van der Waals surface area contributed by atoms with Gasteiger partial charge in [0.1, 0.15) is 12.1 Å². The highest BCUT2D eigenvalue weighted by Gasteiger charge is 2.36. The molecule has 51 heavy (non-hydrogen) atoms. The van der Waals surface area contributed by atoms with Gasteiger partial charge in [0.25, 0.3) is 11.8 Å². The van der Waals surface area contributed by atoms with Gasteiger partial charge in [-0.05, 0) is 82.3 Å². The van der Waals surface area contributed by atoms with Gasteiger partial charge >= 0.3 is 0 Å². The number of imidazole rings is 1. The van der Waals surface area contributed by atoms with E-state index in [0.29, 0.717) is 48.4 Å². The van der Waals surface area contributed by atoms with E-state index in [-0.39, 0.29) is 23.6 Å². The molecule has 10 nitrogen and oxygen atoms in total. The van der Waals surface area contributed by atoms with Gasteiger partial charge in [-0.1, -0.05) is 67.1 Å². The van der Waals surface area contributed by atoms with E-state index >= 15 is 0 Å². The fraction of sp³-hybridized carbons (Fsp3) is 0.293. The lowest BCUT2D eigenvalue weighted by Crippen LogP contribution is -2.43. The number of nitrogens with one attached hydrogen (secondary N) is 3. The highest BCUT2D eigenvalue weighted by Crippen LogP contribution is 2.31. The summed E-state index contributed by atoms with van der Waals surface area (Å²) in [7, 11) is 0. The molecule has 0 radical (unpaired) electrons. The van der Waals surface area contributed by atoms with Crippen molar-refractivity contribution in [2.45, 2.75) is 65.0 Å². The minimum Gasteiger partial charge on any atom is -0.344 e. The van der Waals surface area contributed by atoms with Crippen LogP contribution in [0.1, 0.15) is 61.9 Å². The molecule has 6 rings (SSSR count). The van der Waals surface area contributed by atoms with Gasteiger partial charge in [-0.3, -0.25) is 19.2 Å². The summed E-state index contributed by atoms with van der Waals surface area (Å²) in [6.45, 7) is 6.92. The molecule has 3 N–H and O–H groups in total. The van der Waals surface area contributed by atoms with Crippen molar-refractivity contribution in [3.8, 4) is 22.5 Å². The first-order valence-corrected chi connectivity index (χ1v) is 17.6. The average molecular weight is 685 g/mol. The molecule has 262 valence electrons. The van der Waals surface area contributed by atoms with Crippen molar-refractivity contribution >= 4 is 35.0 Å². The zero-order valence-electron chi connectivity index (χ0n) is 29.3. The summed E-state index contributed by atoms with van der Waals surface area (Å²) in [6.07, 6.45) is 10.7. The van der Waals surface area contributed by atoms with Crippen molar-refractivity contribution < 1.29 is 19.2 Å². The zero-order chi connectivity index (χ0) is 35.9. The monoisotopic (exact) mass is 684 g/mol. The Kier molecular flexibility index (Phi) is 10.9. The molecule has 2 unspecified atom stereocenters. The van der Waals surface area contributed by atoms with E-state index < -0.39 is 12.1 Å². The molecule has 4 aromatic rings. The van der Waals surface area contributed by atoms with Crippen LogP contribution < -0.4 is 10.6 Å². The number of carbonyl (C=O) groups excluding carboxylic acids is 4. The van der Waals surface area contributed by atoms with Gasteiger partial charge in [-0.25, -0.2) is 4.98 Å². The number of allylic oxidation sites excluding steroid dienone is 2.